The van der Waals surface area contributed by atoms with Gasteiger partial charge in [-0.2, -0.15) is 4.31 Å². The number of carbonyl (C=O) groups is 1. The number of hydrogen-bond donors (Lipinski definition) is 1. The second-order valence-electron chi connectivity index (χ2n) is 3.22. The number of carboxylic acid groups (broad SMARTS) is 1. The monoisotopic (exact) mass is 223 g/mol. The highest BCUT2D eigenvalue weighted by atomic mass is 32.2. The van der Waals surface area contributed by atoms with Gasteiger partial charge < -0.3 is 9.84 Å². The maximum atomic E-state index is 10.9. The second-order valence-corrected chi connectivity index (χ2v) is 5.20. The van der Waals surface area contributed by atoms with Crippen LogP contribution >= 0.6 is 0 Å². The van der Waals surface area contributed by atoms with Gasteiger partial charge >= 0.3 is 5.97 Å². The minimum absolute atomic E-state index is 0.0463. The van der Waals surface area contributed by atoms with Gasteiger partial charge in [0.2, 0.25) is 10.0 Å². The van der Waals surface area contributed by atoms with Gasteiger partial charge in [-0.1, -0.05) is 0 Å². The molecule has 0 unspecified atom stereocenters. The molecular weight excluding hydrogens is 210 g/mol. The molecular formula is C7H13NO5S. The summed E-state index contributed by atoms with van der Waals surface area (Å²) < 4.78 is 28.3. The van der Waals surface area contributed by atoms with Gasteiger partial charge in [-0.25, -0.2) is 8.42 Å². The summed E-state index contributed by atoms with van der Waals surface area (Å²) in [5.74, 6) is -0.913. The highest BCUT2D eigenvalue weighted by molar-refractivity contribution is 7.88. The first kappa shape index (κ1) is 11.4. The Labute approximate surface area is 82.5 Å². The van der Waals surface area contributed by atoms with Crippen molar-refractivity contribution in [1.82, 2.24) is 4.31 Å². The molecule has 0 atom stereocenters. The third-order valence-corrected chi connectivity index (χ3v) is 3.19. The molecule has 0 aliphatic carbocycles. The number of carboxylic acids is 1. The molecule has 1 saturated heterocycles. The van der Waals surface area contributed by atoms with Crippen LogP contribution in [0.2, 0.25) is 0 Å². The van der Waals surface area contributed by atoms with Crippen molar-refractivity contribution in [2.24, 2.45) is 0 Å². The molecule has 0 saturated carbocycles. The summed E-state index contributed by atoms with van der Waals surface area (Å²) >= 11 is 0. The average molecular weight is 223 g/mol. The number of rotatable bonds is 5. The van der Waals surface area contributed by atoms with E-state index in [0.717, 1.165) is 6.26 Å². The lowest BCUT2D eigenvalue weighted by Crippen LogP contribution is -2.54. The average Bonchev–Trinajstić information content (AvgIpc) is 1.90. The zero-order valence-corrected chi connectivity index (χ0v) is 8.66. The van der Waals surface area contributed by atoms with E-state index in [2.05, 4.69) is 0 Å². The normalized spacial score (nSPS) is 19.2. The second kappa shape index (κ2) is 4.24. The van der Waals surface area contributed by atoms with Gasteiger partial charge in [0.1, 0.15) is 0 Å². The minimum Gasteiger partial charge on any atom is -0.481 e. The molecule has 1 aliphatic heterocycles. The summed E-state index contributed by atoms with van der Waals surface area (Å²) in [6.45, 7) is 0.800. The van der Waals surface area contributed by atoms with E-state index in [1.165, 1.54) is 4.31 Å². The van der Waals surface area contributed by atoms with Crippen LogP contribution in [0.3, 0.4) is 0 Å². The van der Waals surface area contributed by atoms with Crippen molar-refractivity contribution in [2.45, 2.75) is 12.5 Å². The number of nitrogens with zero attached hydrogens (tertiary/aromatic N) is 1. The Balaban J connectivity index is 2.14. The van der Waals surface area contributed by atoms with E-state index in [9.17, 15) is 13.2 Å². The van der Waals surface area contributed by atoms with Gasteiger partial charge in [0, 0.05) is 13.1 Å². The van der Waals surface area contributed by atoms with Crippen molar-refractivity contribution in [3.8, 4) is 0 Å². The topological polar surface area (TPSA) is 83.9 Å². The van der Waals surface area contributed by atoms with Crippen molar-refractivity contribution < 1.29 is 23.1 Å². The standard InChI is InChI=1S/C7H13NO5S/c1-14(11,12)8-4-6(5-8)13-3-2-7(9)10/h6H,2-5H2,1H3,(H,9,10). The summed E-state index contributed by atoms with van der Waals surface area (Å²) in [6.07, 6.45) is 0.944. The Kier molecular flexibility index (Phi) is 3.46. The fraction of sp³-hybridized carbons (Fsp3) is 0.857. The zero-order chi connectivity index (χ0) is 10.8. The van der Waals surface area contributed by atoms with E-state index in [1.807, 2.05) is 0 Å². The van der Waals surface area contributed by atoms with Gasteiger partial charge in [0.05, 0.1) is 25.4 Å². The van der Waals surface area contributed by atoms with Crippen LogP contribution in [0.5, 0.6) is 0 Å². The number of hydrogen-bond acceptors (Lipinski definition) is 4. The zero-order valence-electron chi connectivity index (χ0n) is 7.84. The lowest BCUT2D eigenvalue weighted by molar-refractivity contribution is -0.139. The Hall–Kier alpha value is -0.660. The highest BCUT2D eigenvalue weighted by Gasteiger charge is 2.33. The summed E-state index contributed by atoms with van der Waals surface area (Å²) in [7, 11) is -3.10. The fourth-order valence-electron chi connectivity index (χ4n) is 1.09. The molecule has 0 aromatic rings. The van der Waals surface area contributed by atoms with Crippen LogP contribution in [0.4, 0.5) is 0 Å². The number of sulfonamides is 1. The Morgan fingerprint density at radius 1 is 1.57 bits per heavy atom. The molecule has 6 nitrogen and oxygen atoms in total. The van der Waals surface area contributed by atoms with Crippen molar-refractivity contribution in [3.05, 3.63) is 0 Å². The van der Waals surface area contributed by atoms with Crippen LogP contribution in [0.15, 0.2) is 0 Å². The molecule has 14 heavy (non-hydrogen) atoms. The summed E-state index contributed by atoms with van der Waals surface area (Å²) in [5, 5.41) is 8.31. The van der Waals surface area contributed by atoms with Crippen LogP contribution in [0.25, 0.3) is 0 Å². The van der Waals surface area contributed by atoms with Crippen LogP contribution in [-0.4, -0.2) is 55.9 Å². The van der Waals surface area contributed by atoms with E-state index in [0.29, 0.717) is 13.1 Å². The molecule has 0 spiro atoms. The smallest absolute Gasteiger partial charge is 0.305 e. The predicted octanol–water partition coefficient (Wildman–Crippen LogP) is -0.878. The molecule has 0 aromatic carbocycles. The molecule has 1 N–H and O–H groups in total. The Bertz CT molecular complexity index is 306. The van der Waals surface area contributed by atoms with E-state index >= 15 is 0 Å². The minimum atomic E-state index is -3.10. The van der Waals surface area contributed by atoms with E-state index < -0.39 is 16.0 Å². The van der Waals surface area contributed by atoms with Crippen molar-refractivity contribution in [1.29, 1.82) is 0 Å². The summed E-state index contributed by atoms with van der Waals surface area (Å²) in [4.78, 5) is 10.1. The van der Waals surface area contributed by atoms with Crippen molar-refractivity contribution in [2.75, 3.05) is 26.0 Å². The Morgan fingerprint density at radius 2 is 2.14 bits per heavy atom. The summed E-state index contributed by atoms with van der Waals surface area (Å²) in [5.41, 5.74) is 0. The lowest BCUT2D eigenvalue weighted by atomic mass is 10.2. The Morgan fingerprint density at radius 3 is 2.57 bits per heavy atom. The van der Waals surface area contributed by atoms with Crippen molar-refractivity contribution >= 4 is 16.0 Å². The molecule has 82 valence electrons. The van der Waals surface area contributed by atoms with Crippen LogP contribution in [0.1, 0.15) is 6.42 Å². The molecule has 0 aromatic heterocycles. The van der Waals surface area contributed by atoms with Crippen molar-refractivity contribution in [3.63, 3.8) is 0 Å². The molecule has 0 radical (unpaired) electrons. The molecule has 0 amide bonds. The third kappa shape index (κ3) is 3.24. The molecule has 7 heteroatoms. The predicted molar refractivity (Wildman–Crippen MR) is 48.4 cm³/mol. The van der Waals surface area contributed by atoms with Crippen LogP contribution < -0.4 is 0 Å². The first-order valence-electron chi connectivity index (χ1n) is 4.18. The molecule has 1 heterocycles. The van der Waals surface area contributed by atoms with Crippen LogP contribution in [-0.2, 0) is 19.6 Å². The van der Waals surface area contributed by atoms with Gasteiger partial charge in [-0.15, -0.1) is 0 Å². The van der Waals surface area contributed by atoms with E-state index in [4.69, 9.17) is 9.84 Å². The number of ether oxygens (including phenoxy) is 1. The quantitative estimate of drug-likeness (QED) is 0.654. The molecule has 1 rings (SSSR count). The molecule has 1 fully saturated rings. The third-order valence-electron chi connectivity index (χ3n) is 1.95. The van der Waals surface area contributed by atoms with Gasteiger partial charge in [-0.05, 0) is 0 Å². The largest absolute Gasteiger partial charge is 0.481 e. The number of aliphatic carboxylic acids is 1. The maximum absolute atomic E-state index is 10.9. The highest BCUT2D eigenvalue weighted by Crippen LogP contribution is 2.15. The van der Waals surface area contributed by atoms with Gasteiger partial charge in [-0.3, -0.25) is 4.79 Å². The van der Waals surface area contributed by atoms with Gasteiger partial charge in [0.25, 0.3) is 0 Å². The van der Waals surface area contributed by atoms with Gasteiger partial charge in [0.15, 0.2) is 0 Å². The maximum Gasteiger partial charge on any atom is 0.305 e. The van der Waals surface area contributed by atoms with Crippen LogP contribution in [0, 0.1) is 0 Å². The molecule has 1 aliphatic rings. The SMILES string of the molecule is CS(=O)(=O)N1CC(OCCC(=O)O)C1. The van der Waals surface area contributed by atoms with E-state index in [-0.39, 0.29) is 19.1 Å². The summed E-state index contributed by atoms with van der Waals surface area (Å²) in [6, 6.07) is 0. The first-order valence-corrected chi connectivity index (χ1v) is 6.03. The van der Waals surface area contributed by atoms with E-state index in [1.54, 1.807) is 0 Å². The molecule has 0 bridgehead atoms. The lowest BCUT2D eigenvalue weighted by Gasteiger charge is -2.36. The first-order chi connectivity index (χ1) is 6.39. The fourth-order valence-corrected chi connectivity index (χ4v) is 1.96.